The maximum Gasteiger partial charge on any atom is 0.323 e. The van der Waals surface area contributed by atoms with E-state index in [4.69, 9.17) is 4.74 Å². The topological polar surface area (TPSA) is 38.3 Å². The fraction of sp³-hybridized carbons (Fsp3) is 0.611. The molecule has 1 aliphatic rings. The van der Waals surface area contributed by atoms with Gasteiger partial charge in [0, 0.05) is 6.54 Å². The summed E-state index contributed by atoms with van der Waals surface area (Å²) in [6.45, 7) is 4.96. The molecule has 1 aromatic rings. The van der Waals surface area contributed by atoms with Crippen LogP contribution in [0.1, 0.15) is 57.1 Å². The van der Waals surface area contributed by atoms with E-state index in [1.165, 1.54) is 30.4 Å². The van der Waals surface area contributed by atoms with Crippen LogP contribution in [0.3, 0.4) is 0 Å². The molecule has 0 radical (unpaired) electrons. The Labute approximate surface area is 128 Å². The zero-order chi connectivity index (χ0) is 15.1. The summed E-state index contributed by atoms with van der Waals surface area (Å²) < 4.78 is 5.58. The molecule has 0 aliphatic carbocycles. The lowest BCUT2D eigenvalue weighted by Crippen LogP contribution is -2.43. The van der Waals surface area contributed by atoms with Crippen molar-refractivity contribution in [2.24, 2.45) is 0 Å². The van der Waals surface area contributed by atoms with Crippen LogP contribution in [0.2, 0.25) is 0 Å². The molecule has 1 aromatic carbocycles. The van der Waals surface area contributed by atoms with Crippen LogP contribution < -0.4 is 5.32 Å². The zero-order valence-electron chi connectivity index (χ0n) is 13.2. The van der Waals surface area contributed by atoms with Gasteiger partial charge in [-0.15, -0.1) is 0 Å². The number of unbranched alkanes of at least 4 members (excludes halogenated alkanes) is 3. The number of benzene rings is 1. The van der Waals surface area contributed by atoms with Crippen LogP contribution in [0.25, 0.3) is 0 Å². The lowest BCUT2D eigenvalue weighted by atomic mass is 9.96. The van der Waals surface area contributed by atoms with Crippen molar-refractivity contribution in [1.82, 2.24) is 5.32 Å². The predicted octanol–water partition coefficient (Wildman–Crippen LogP) is 3.60. The van der Waals surface area contributed by atoms with Gasteiger partial charge in [0.15, 0.2) is 0 Å². The second-order valence-electron chi connectivity index (χ2n) is 6.00. The van der Waals surface area contributed by atoms with Crippen molar-refractivity contribution >= 4 is 5.97 Å². The standard InChI is InChI=1S/C18H27NO2/c1-3-4-5-6-9-14(2)21-18(20)17-12-15-10-7-8-11-16(15)13-19-17/h7-8,10-11,14,17,19H,3-6,9,12-13H2,1-2H3. The minimum Gasteiger partial charge on any atom is -0.462 e. The number of hydrogen-bond acceptors (Lipinski definition) is 3. The van der Waals surface area contributed by atoms with Gasteiger partial charge >= 0.3 is 5.97 Å². The monoisotopic (exact) mass is 289 g/mol. The average Bonchev–Trinajstić information content (AvgIpc) is 2.51. The third-order valence-electron chi connectivity index (χ3n) is 4.15. The zero-order valence-corrected chi connectivity index (χ0v) is 13.2. The van der Waals surface area contributed by atoms with Crippen LogP contribution in [0.15, 0.2) is 24.3 Å². The lowest BCUT2D eigenvalue weighted by molar-refractivity contribution is -0.151. The summed E-state index contributed by atoms with van der Waals surface area (Å²) in [5.41, 5.74) is 2.54. The van der Waals surface area contributed by atoms with Gasteiger partial charge < -0.3 is 10.1 Å². The molecule has 3 heteroatoms. The Balaban J connectivity index is 1.76. The SMILES string of the molecule is CCCCCCC(C)OC(=O)C1Cc2ccccc2CN1. The minimum absolute atomic E-state index is 0.0216. The molecule has 0 fully saturated rings. The maximum absolute atomic E-state index is 12.2. The Morgan fingerprint density at radius 1 is 1.29 bits per heavy atom. The van der Waals surface area contributed by atoms with Crippen molar-refractivity contribution < 1.29 is 9.53 Å². The highest BCUT2D eigenvalue weighted by Gasteiger charge is 2.26. The molecule has 0 amide bonds. The molecule has 1 N–H and O–H groups in total. The third kappa shape index (κ3) is 4.85. The summed E-state index contributed by atoms with van der Waals surface area (Å²) >= 11 is 0. The van der Waals surface area contributed by atoms with E-state index in [0.29, 0.717) is 0 Å². The lowest BCUT2D eigenvalue weighted by Gasteiger charge is -2.26. The summed E-state index contributed by atoms with van der Waals surface area (Å²) in [6.07, 6.45) is 6.60. The van der Waals surface area contributed by atoms with Crippen molar-refractivity contribution in [1.29, 1.82) is 0 Å². The highest BCUT2D eigenvalue weighted by atomic mass is 16.5. The first kappa shape index (κ1) is 16.0. The molecule has 1 aliphatic heterocycles. The van der Waals surface area contributed by atoms with Crippen LogP contribution >= 0.6 is 0 Å². The highest BCUT2D eigenvalue weighted by Crippen LogP contribution is 2.17. The van der Waals surface area contributed by atoms with Gasteiger partial charge in [0.1, 0.15) is 6.04 Å². The van der Waals surface area contributed by atoms with E-state index in [9.17, 15) is 4.79 Å². The van der Waals surface area contributed by atoms with Crippen LogP contribution in [-0.2, 0) is 22.5 Å². The quantitative estimate of drug-likeness (QED) is 0.615. The summed E-state index contributed by atoms with van der Waals surface area (Å²) in [7, 11) is 0. The van der Waals surface area contributed by atoms with Gasteiger partial charge in [-0.3, -0.25) is 4.79 Å². The van der Waals surface area contributed by atoms with Crippen molar-refractivity contribution in [3.8, 4) is 0 Å². The van der Waals surface area contributed by atoms with Crippen LogP contribution in [0.4, 0.5) is 0 Å². The number of carbonyl (C=O) groups is 1. The van der Waals surface area contributed by atoms with E-state index in [1.807, 2.05) is 19.1 Å². The minimum atomic E-state index is -0.196. The van der Waals surface area contributed by atoms with E-state index < -0.39 is 0 Å². The molecular formula is C18H27NO2. The Kier molecular flexibility index (Phi) is 6.24. The predicted molar refractivity (Wildman–Crippen MR) is 85.1 cm³/mol. The molecule has 3 nitrogen and oxygen atoms in total. The molecule has 2 rings (SSSR count). The number of carbonyl (C=O) groups excluding carboxylic acids is 1. The van der Waals surface area contributed by atoms with Gasteiger partial charge in [0.05, 0.1) is 6.10 Å². The number of nitrogens with one attached hydrogen (secondary N) is 1. The van der Waals surface area contributed by atoms with Crippen LogP contribution in [0.5, 0.6) is 0 Å². The third-order valence-corrected chi connectivity index (χ3v) is 4.15. The molecule has 116 valence electrons. The molecule has 2 unspecified atom stereocenters. The molecule has 2 atom stereocenters. The number of esters is 1. The Hall–Kier alpha value is -1.35. The van der Waals surface area contributed by atoms with Gasteiger partial charge in [-0.2, -0.15) is 0 Å². The van der Waals surface area contributed by atoms with Crippen molar-refractivity contribution in [2.75, 3.05) is 0 Å². The second-order valence-corrected chi connectivity index (χ2v) is 6.00. The van der Waals surface area contributed by atoms with Gasteiger partial charge in [-0.05, 0) is 37.3 Å². The van der Waals surface area contributed by atoms with Crippen molar-refractivity contribution in [2.45, 2.75) is 71.1 Å². The number of rotatable bonds is 7. The molecule has 1 heterocycles. The van der Waals surface area contributed by atoms with Gasteiger partial charge in [-0.1, -0.05) is 50.5 Å². The largest absolute Gasteiger partial charge is 0.462 e. The average molecular weight is 289 g/mol. The smallest absolute Gasteiger partial charge is 0.323 e. The molecule has 0 saturated heterocycles. The Morgan fingerprint density at radius 2 is 2.05 bits per heavy atom. The first-order valence-corrected chi connectivity index (χ1v) is 8.21. The molecule has 0 spiro atoms. The van der Waals surface area contributed by atoms with E-state index in [0.717, 1.165) is 25.8 Å². The Morgan fingerprint density at radius 3 is 2.81 bits per heavy atom. The molecule has 0 saturated carbocycles. The van der Waals surface area contributed by atoms with E-state index in [2.05, 4.69) is 24.4 Å². The number of hydrogen-bond donors (Lipinski definition) is 1. The molecule has 21 heavy (non-hydrogen) atoms. The number of ether oxygens (including phenoxy) is 1. The summed E-state index contributed by atoms with van der Waals surface area (Å²) in [5.74, 6) is -0.104. The Bertz CT molecular complexity index is 458. The van der Waals surface area contributed by atoms with Crippen LogP contribution in [-0.4, -0.2) is 18.1 Å². The molecule has 0 bridgehead atoms. The fourth-order valence-corrected chi connectivity index (χ4v) is 2.82. The maximum atomic E-state index is 12.2. The summed E-state index contributed by atoms with van der Waals surface area (Å²) in [6, 6.07) is 8.09. The number of fused-ring (bicyclic) bond motifs is 1. The molecular weight excluding hydrogens is 262 g/mol. The normalized spacial score (nSPS) is 18.9. The van der Waals surface area contributed by atoms with Crippen LogP contribution in [0, 0.1) is 0 Å². The molecule has 0 aromatic heterocycles. The summed E-state index contributed by atoms with van der Waals surface area (Å²) in [5, 5.41) is 3.28. The fourth-order valence-electron chi connectivity index (χ4n) is 2.82. The second kappa shape index (κ2) is 8.18. The van der Waals surface area contributed by atoms with Gasteiger partial charge in [0.25, 0.3) is 0 Å². The summed E-state index contributed by atoms with van der Waals surface area (Å²) in [4.78, 5) is 12.2. The first-order chi connectivity index (χ1) is 10.2. The van der Waals surface area contributed by atoms with Gasteiger partial charge in [0.2, 0.25) is 0 Å². The van der Waals surface area contributed by atoms with Gasteiger partial charge in [-0.25, -0.2) is 0 Å². The highest BCUT2D eigenvalue weighted by molar-refractivity contribution is 5.76. The van der Waals surface area contributed by atoms with Crippen molar-refractivity contribution in [3.05, 3.63) is 35.4 Å². The van der Waals surface area contributed by atoms with E-state index >= 15 is 0 Å². The van der Waals surface area contributed by atoms with Crippen molar-refractivity contribution in [3.63, 3.8) is 0 Å². The van der Waals surface area contributed by atoms with E-state index in [-0.39, 0.29) is 18.1 Å². The first-order valence-electron chi connectivity index (χ1n) is 8.21. The van der Waals surface area contributed by atoms with E-state index in [1.54, 1.807) is 0 Å².